The molecule has 0 radical (unpaired) electrons. The van der Waals surface area contributed by atoms with Crippen LogP contribution in [0.4, 0.5) is 5.69 Å². The van der Waals surface area contributed by atoms with Gasteiger partial charge >= 0.3 is 0 Å². The molecule has 3 rings (SSSR count). The Kier molecular flexibility index (Phi) is 7.80. The standard InChI is InChI=1S/C22H23NO6S2/c24-30(25,21-12-6-2-7-13-21)28-18-16-23(20-10-4-1-5-11-20)17-19-29-31(26,27)22-14-8-3-9-15-22/h1-15H,16-19H2. The summed E-state index contributed by atoms with van der Waals surface area (Å²) in [5, 5.41) is 0. The first kappa shape index (κ1) is 23.0. The molecule has 0 amide bonds. The fraction of sp³-hybridized carbons (Fsp3) is 0.182. The van der Waals surface area contributed by atoms with Gasteiger partial charge in [0.2, 0.25) is 0 Å². The summed E-state index contributed by atoms with van der Waals surface area (Å²) in [5.74, 6) is 0. The second-order valence-electron chi connectivity index (χ2n) is 6.50. The predicted molar refractivity (Wildman–Crippen MR) is 118 cm³/mol. The lowest BCUT2D eigenvalue weighted by atomic mass is 10.3. The van der Waals surface area contributed by atoms with Crippen LogP contribution in [0.5, 0.6) is 0 Å². The van der Waals surface area contributed by atoms with Crippen molar-refractivity contribution in [1.29, 1.82) is 0 Å². The second kappa shape index (κ2) is 10.5. The van der Waals surface area contributed by atoms with E-state index in [1.807, 2.05) is 30.3 Å². The lowest BCUT2D eigenvalue weighted by molar-refractivity contribution is 0.306. The van der Waals surface area contributed by atoms with Crippen molar-refractivity contribution in [2.75, 3.05) is 31.2 Å². The van der Waals surface area contributed by atoms with Crippen LogP contribution in [0.3, 0.4) is 0 Å². The van der Waals surface area contributed by atoms with E-state index < -0.39 is 20.2 Å². The molecule has 31 heavy (non-hydrogen) atoms. The largest absolute Gasteiger partial charge is 0.367 e. The molecule has 0 aliphatic rings. The summed E-state index contributed by atoms with van der Waals surface area (Å²) in [6.45, 7) is 0.255. The molecule has 3 aromatic carbocycles. The van der Waals surface area contributed by atoms with Gasteiger partial charge in [-0.05, 0) is 36.4 Å². The predicted octanol–water partition coefficient (Wildman–Crippen LogP) is 3.30. The maximum atomic E-state index is 12.3. The molecule has 0 bridgehead atoms. The number of hydrogen-bond donors (Lipinski definition) is 0. The molecule has 9 heteroatoms. The van der Waals surface area contributed by atoms with Crippen molar-refractivity contribution in [1.82, 2.24) is 0 Å². The van der Waals surface area contributed by atoms with Crippen LogP contribution in [0.2, 0.25) is 0 Å². The number of benzene rings is 3. The van der Waals surface area contributed by atoms with Crippen molar-refractivity contribution in [3.8, 4) is 0 Å². The van der Waals surface area contributed by atoms with Gasteiger partial charge in [-0.1, -0.05) is 54.6 Å². The van der Waals surface area contributed by atoms with E-state index >= 15 is 0 Å². The Balaban J connectivity index is 1.61. The number of nitrogens with zero attached hydrogens (tertiary/aromatic N) is 1. The van der Waals surface area contributed by atoms with Gasteiger partial charge in [-0.15, -0.1) is 0 Å². The summed E-state index contributed by atoms with van der Waals surface area (Å²) < 4.78 is 59.5. The number of rotatable bonds is 11. The van der Waals surface area contributed by atoms with Gasteiger partial charge in [0.1, 0.15) is 0 Å². The highest BCUT2D eigenvalue weighted by Gasteiger charge is 2.18. The minimum atomic E-state index is -3.87. The van der Waals surface area contributed by atoms with Crippen LogP contribution in [-0.4, -0.2) is 43.1 Å². The van der Waals surface area contributed by atoms with E-state index in [9.17, 15) is 16.8 Å². The van der Waals surface area contributed by atoms with E-state index in [0.29, 0.717) is 0 Å². The van der Waals surface area contributed by atoms with Gasteiger partial charge in [0.05, 0.1) is 23.0 Å². The SMILES string of the molecule is O=S(=O)(OCCN(CCOS(=O)(=O)c1ccccc1)c1ccccc1)c1ccccc1. The smallest absolute Gasteiger partial charge is 0.297 e. The summed E-state index contributed by atoms with van der Waals surface area (Å²) in [5.41, 5.74) is 0.795. The van der Waals surface area contributed by atoms with Crippen LogP contribution < -0.4 is 4.90 Å². The summed E-state index contributed by atoms with van der Waals surface area (Å²) in [4.78, 5) is 1.97. The Morgan fingerprint density at radius 3 is 1.29 bits per heavy atom. The Morgan fingerprint density at radius 1 is 0.548 bits per heavy atom. The molecule has 0 saturated carbocycles. The Morgan fingerprint density at radius 2 is 0.903 bits per heavy atom. The summed E-state index contributed by atoms with van der Waals surface area (Å²) >= 11 is 0. The fourth-order valence-electron chi connectivity index (χ4n) is 2.83. The van der Waals surface area contributed by atoms with E-state index in [1.165, 1.54) is 24.3 Å². The Bertz CT molecular complexity index is 1080. The van der Waals surface area contributed by atoms with Gasteiger partial charge in [0, 0.05) is 18.8 Å². The monoisotopic (exact) mass is 461 g/mol. The molecule has 0 fully saturated rings. The van der Waals surface area contributed by atoms with Gasteiger partial charge in [0.15, 0.2) is 0 Å². The second-order valence-corrected chi connectivity index (χ2v) is 9.73. The van der Waals surface area contributed by atoms with Gasteiger partial charge < -0.3 is 4.90 Å². The molecule has 0 saturated heterocycles. The molecule has 7 nitrogen and oxygen atoms in total. The normalized spacial score (nSPS) is 11.9. The van der Waals surface area contributed by atoms with E-state index in [-0.39, 0.29) is 36.1 Å². The fourth-order valence-corrected chi connectivity index (χ4v) is 4.67. The van der Waals surface area contributed by atoms with Gasteiger partial charge in [0.25, 0.3) is 20.2 Å². The molecule has 0 N–H and O–H groups in total. The summed E-state index contributed by atoms with van der Waals surface area (Å²) in [6, 6.07) is 25.0. The van der Waals surface area contributed by atoms with Crippen LogP contribution in [0, 0.1) is 0 Å². The highest BCUT2D eigenvalue weighted by atomic mass is 32.2. The topological polar surface area (TPSA) is 90.0 Å². The van der Waals surface area contributed by atoms with Crippen molar-refractivity contribution < 1.29 is 25.2 Å². The molecule has 0 atom stereocenters. The van der Waals surface area contributed by atoms with Crippen molar-refractivity contribution in [3.05, 3.63) is 91.0 Å². The molecule has 164 valence electrons. The highest BCUT2D eigenvalue weighted by molar-refractivity contribution is 7.87. The van der Waals surface area contributed by atoms with Crippen molar-refractivity contribution in [2.24, 2.45) is 0 Å². The van der Waals surface area contributed by atoms with Crippen LogP contribution >= 0.6 is 0 Å². The zero-order valence-electron chi connectivity index (χ0n) is 16.7. The minimum Gasteiger partial charge on any atom is -0.367 e. The van der Waals surface area contributed by atoms with Crippen LogP contribution in [0.25, 0.3) is 0 Å². The van der Waals surface area contributed by atoms with E-state index in [0.717, 1.165) is 5.69 Å². The lowest BCUT2D eigenvalue weighted by Gasteiger charge is -2.24. The molecule has 0 aromatic heterocycles. The molecular weight excluding hydrogens is 438 g/mol. The molecule has 0 heterocycles. The summed E-state index contributed by atoms with van der Waals surface area (Å²) in [6.07, 6.45) is 0. The molecule has 0 unspecified atom stereocenters. The third-order valence-corrected chi connectivity index (χ3v) is 7.04. The third kappa shape index (κ3) is 6.63. The van der Waals surface area contributed by atoms with E-state index in [4.69, 9.17) is 8.37 Å². The van der Waals surface area contributed by atoms with Crippen LogP contribution in [0.1, 0.15) is 0 Å². The molecule has 0 spiro atoms. The maximum Gasteiger partial charge on any atom is 0.297 e. The third-order valence-electron chi connectivity index (χ3n) is 4.38. The van der Waals surface area contributed by atoms with Crippen molar-refractivity contribution in [3.63, 3.8) is 0 Å². The van der Waals surface area contributed by atoms with Crippen LogP contribution in [-0.2, 0) is 28.6 Å². The molecular formula is C22H23NO6S2. The first-order valence-electron chi connectivity index (χ1n) is 9.57. The zero-order chi connectivity index (χ0) is 22.2. The lowest BCUT2D eigenvalue weighted by Crippen LogP contribution is -2.32. The number of hydrogen-bond acceptors (Lipinski definition) is 7. The zero-order valence-corrected chi connectivity index (χ0v) is 18.3. The van der Waals surface area contributed by atoms with E-state index in [1.54, 1.807) is 41.3 Å². The van der Waals surface area contributed by atoms with Gasteiger partial charge in [-0.3, -0.25) is 8.37 Å². The number of anilines is 1. The maximum absolute atomic E-state index is 12.3. The van der Waals surface area contributed by atoms with Crippen molar-refractivity contribution >= 4 is 25.9 Å². The molecule has 0 aliphatic heterocycles. The van der Waals surface area contributed by atoms with Gasteiger partial charge in [-0.2, -0.15) is 16.8 Å². The van der Waals surface area contributed by atoms with Crippen LogP contribution in [0.15, 0.2) is 101 Å². The highest BCUT2D eigenvalue weighted by Crippen LogP contribution is 2.16. The minimum absolute atomic E-state index is 0.0820. The van der Waals surface area contributed by atoms with Gasteiger partial charge in [-0.25, -0.2) is 0 Å². The Labute approximate surface area is 183 Å². The molecule has 3 aromatic rings. The quantitative estimate of drug-likeness (QED) is 0.405. The average molecular weight is 462 g/mol. The first-order chi connectivity index (χ1) is 14.9. The molecule has 0 aliphatic carbocycles. The Hall–Kier alpha value is -2.72. The van der Waals surface area contributed by atoms with E-state index in [2.05, 4.69) is 0 Å². The average Bonchev–Trinajstić information content (AvgIpc) is 2.80. The summed E-state index contributed by atoms with van der Waals surface area (Å²) in [7, 11) is -7.74. The number of para-hydroxylation sites is 1. The van der Waals surface area contributed by atoms with Crippen molar-refractivity contribution in [2.45, 2.75) is 9.79 Å². The first-order valence-corrected chi connectivity index (χ1v) is 12.4.